The lowest BCUT2D eigenvalue weighted by molar-refractivity contribution is 0.124. The fraction of sp³-hybridized carbons (Fsp3) is 0.444. The molecule has 0 amide bonds. The Morgan fingerprint density at radius 1 is 1.42 bits per heavy atom. The molecule has 0 fully saturated rings. The predicted octanol–water partition coefficient (Wildman–Crippen LogP) is 2.86. The zero-order valence-corrected chi connectivity index (χ0v) is 9.62. The molecule has 3 heteroatoms. The van der Waals surface area contributed by atoms with E-state index in [9.17, 15) is 0 Å². The van der Waals surface area contributed by atoms with Crippen LogP contribution < -0.4 is 4.74 Å². The number of pyridine rings is 1. The maximum absolute atomic E-state index is 5.57. The molecule has 1 aromatic heterocycles. The van der Waals surface area contributed by atoms with E-state index in [4.69, 9.17) is 4.74 Å². The van der Waals surface area contributed by atoms with Gasteiger partial charge in [-0.25, -0.2) is 4.98 Å². The van der Waals surface area contributed by atoms with E-state index in [1.165, 1.54) is 0 Å². The third-order valence-electron chi connectivity index (χ3n) is 1.11. The maximum atomic E-state index is 5.57. The van der Waals surface area contributed by atoms with Crippen LogP contribution in [0.3, 0.4) is 0 Å². The monoisotopic (exact) mass is 277 g/mol. The number of nitrogens with zero attached hydrogens (tertiary/aromatic N) is 1. The molecule has 1 rings (SSSR count). The highest BCUT2D eigenvalue weighted by molar-refractivity contribution is 14.1. The standard InChI is InChI=1S/C9H12INO/c1-9(2,3)12-8-6-7(10)4-5-11-8/h4-6H,1-3H3. The molecule has 0 N–H and O–H groups in total. The van der Waals surface area contributed by atoms with Crippen molar-refractivity contribution in [2.24, 2.45) is 0 Å². The lowest BCUT2D eigenvalue weighted by Gasteiger charge is -2.20. The van der Waals surface area contributed by atoms with Crippen LogP contribution in [0.15, 0.2) is 18.3 Å². The highest BCUT2D eigenvalue weighted by atomic mass is 127. The fourth-order valence-corrected chi connectivity index (χ4v) is 1.18. The van der Waals surface area contributed by atoms with E-state index >= 15 is 0 Å². The van der Waals surface area contributed by atoms with Crippen molar-refractivity contribution in [3.63, 3.8) is 0 Å². The smallest absolute Gasteiger partial charge is 0.214 e. The highest BCUT2D eigenvalue weighted by Crippen LogP contribution is 2.16. The Bertz CT molecular complexity index is 267. The van der Waals surface area contributed by atoms with E-state index in [0.717, 1.165) is 3.57 Å². The van der Waals surface area contributed by atoms with Gasteiger partial charge in [-0.2, -0.15) is 0 Å². The van der Waals surface area contributed by atoms with Crippen LogP contribution in [0.4, 0.5) is 0 Å². The highest BCUT2D eigenvalue weighted by Gasteiger charge is 2.12. The minimum atomic E-state index is -0.169. The van der Waals surface area contributed by atoms with Gasteiger partial charge < -0.3 is 4.74 Å². The molecule has 0 unspecified atom stereocenters. The van der Waals surface area contributed by atoms with Crippen molar-refractivity contribution in [2.75, 3.05) is 0 Å². The maximum Gasteiger partial charge on any atom is 0.214 e. The Kier molecular flexibility index (Phi) is 2.93. The van der Waals surface area contributed by atoms with Gasteiger partial charge >= 0.3 is 0 Å². The van der Waals surface area contributed by atoms with Gasteiger partial charge in [0.05, 0.1) is 0 Å². The fourth-order valence-electron chi connectivity index (χ4n) is 0.755. The van der Waals surface area contributed by atoms with E-state index in [-0.39, 0.29) is 5.60 Å². The van der Waals surface area contributed by atoms with Gasteiger partial charge in [0, 0.05) is 15.8 Å². The quantitative estimate of drug-likeness (QED) is 0.736. The van der Waals surface area contributed by atoms with E-state index in [2.05, 4.69) is 27.6 Å². The second kappa shape index (κ2) is 3.60. The summed E-state index contributed by atoms with van der Waals surface area (Å²) in [7, 11) is 0. The molecule has 0 radical (unpaired) electrons. The molecule has 66 valence electrons. The Morgan fingerprint density at radius 3 is 2.58 bits per heavy atom. The van der Waals surface area contributed by atoms with Crippen molar-refractivity contribution in [3.8, 4) is 5.88 Å². The summed E-state index contributed by atoms with van der Waals surface area (Å²) in [6.45, 7) is 6.03. The van der Waals surface area contributed by atoms with Crippen molar-refractivity contribution in [2.45, 2.75) is 26.4 Å². The summed E-state index contributed by atoms with van der Waals surface area (Å²) in [6.07, 6.45) is 1.75. The number of aromatic nitrogens is 1. The van der Waals surface area contributed by atoms with Gasteiger partial charge in [-0.15, -0.1) is 0 Å². The topological polar surface area (TPSA) is 22.1 Å². The van der Waals surface area contributed by atoms with Crippen molar-refractivity contribution in [1.82, 2.24) is 4.98 Å². The normalized spacial score (nSPS) is 11.3. The molecule has 12 heavy (non-hydrogen) atoms. The molecule has 1 heterocycles. The van der Waals surface area contributed by atoms with Gasteiger partial charge in [-0.1, -0.05) is 0 Å². The predicted molar refractivity (Wildman–Crippen MR) is 57.3 cm³/mol. The third-order valence-corrected chi connectivity index (χ3v) is 1.78. The number of rotatable bonds is 1. The first kappa shape index (κ1) is 9.77. The molecule has 0 saturated carbocycles. The summed E-state index contributed by atoms with van der Waals surface area (Å²) in [5.41, 5.74) is -0.169. The molecule has 2 nitrogen and oxygen atoms in total. The Morgan fingerprint density at radius 2 is 2.08 bits per heavy atom. The van der Waals surface area contributed by atoms with Crippen LogP contribution in [0.1, 0.15) is 20.8 Å². The van der Waals surface area contributed by atoms with Crippen molar-refractivity contribution in [1.29, 1.82) is 0 Å². The molecule has 0 saturated heterocycles. The van der Waals surface area contributed by atoms with Crippen LogP contribution in [0.5, 0.6) is 5.88 Å². The molecule has 0 atom stereocenters. The Labute approximate surface area is 86.5 Å². The minimum absolute atomic E-state index is 0.169. The first-order valence-corrected chi connectivity index (χ1v) is 4.86. The van der Waals surface area contributed by atoms with Gasteiger partial charge in [-0.3, -0.25) is 0 Å². The first-order chi connectivity index (χ1) is 5.47. The zero-order valence-electron chi connectivity index (χ0n) is 7.47. The summed E-state index contributed by atoms with van der Waals surface area (Å²) in [6, 6.07) is 3.86. The van der Waals surface area contributed by atoms with Crippen molar-refractivity contribution < 1.29 is 4.74 Å². The van der Waals surface area contributed by atoms with Crippen molar-refractivity contribution in [3.05, 3.63) is 21.9 Å². The van der Waals surface area contributed by atoms with Crippen LogP contribution in [0, 0.1) is 3.57 Å². The molecule has 0 aliphatic carbocycles. The SMILES string of the molecule is CC(C)(C)Oc1cc(I)ccn1. The molecule has 1 aromatic rings. The largest absolute Gasteiger partial charge is 0.472 e. The van der Waals surface area contributed by atoms with Gasteiger partial charge in [0.2, 0.25) is 5.88 Å². The lowest BCUT2D eigenvalue weighted by Crippen LogP contribution is -2.23. The van der Waals surface area contributed by atoms with E-state index < -0.39 is 0 Å². The molecular weight excluding hydrogens is 265 g/mol. The minimum Gasteiger partial charge on any atom is -0.472 e. The second-order valence-corrected chi connectivity index (χ2v) is 4.77. The van der Waals surface area contributed by atoms with E-state index in [1.54, 1.807) is 6.20 Å². The van der Waals surface area contributed by atoms with Crippen LogP contribution in [0.25, 0.3) is 0 Å². The van der Waals surface area contributed by atoms with Crippen molar-refractivity contribution >= 4 is 22.6 Å². The molecule has 0 aliphatic heterocycles. The van der Waals surface area contributed by atoms with Gasteiger partial charge in [0.15, 0.2) is 0 Å². The summed E-state index contributed by atoms with van der Waals surface area (Å²) in [4.78, 5) is 4.10. The van der Waals surface area contributed by atoms with E-state index in [0.29, 0.717) is 5.88 Å². The van der Waals surface area contributed by atoms with Crippen LogP contribution in [-0.4, -0.2) is 10.6 Å². The summed E-state index contributed by atoms with van der Waals surface area (Å²) >= 11 is 2.24. The van der Waals surface area contributed by atoms with Crippen LogP contribution >= 0.6 is 22.6 Å². The van der Waals surface area contributed by atoms with Gasteiger partial charge in [-0.05, 0) is 49.4 Å². The molecule has 0 aliphatic rings. The Balaban J connectivity index is 2.77. The molecule has 0 spiro atoms. The number of halogens is 1. The number of hydrogen-bond acceptors (Lipinski definition) is 2. The first-order valence-electron chi connectivity index (χ1n) is 3.78. The number of ether oxygens (including phenoxy) is 1. The van der Waals surface area contributed by atoms with Gasteiger partial charge in [0.1, 0.15) is 5.60 Å². The average Bonchev–Trinajstić information content (AvgIpc) is 1.82. The third kappa shape index (κ3) is 3.38. The molecule has 0 aromatic carbocycles. The lowest BCUT2D eigenvalue weighted by atomic mass is 10.2. The second-order valence-electron chi connectivity index (χ2n) is 3.53. The summed E-state index contributed by atoms with van der Waals surface area (Å²) in [5, 5.41) is 0. The molecule has 0 bridgehead atoms. The van der Waals surface area contributed by atoms with Crippen LogP contribution in [0.2, 0.25) is 0 Å². The summed E-state index contributed by atoms with van der Waals surface area (Å²) in [5.74, 6) is 0.689. The number of hydrogen-bond donors (Lipinski definition) is 0. The van der Waals surface area contributed by atoms with Crippen LogP contribution in [-0.2, 0) is 0 Å². The Hall–Kier alpha value is -0.320. The van der Waals surface area contributed by atoms with E-state index in [1.807, 2.05) is 32.9 Å². The van der Waals surface area contributed by atoms with Gasteiger partial charge in [0.25, 0.3) is 0 Å². The summed E-state index contributed by atoms with van der Waals surface area (Å²) < 4.78 is 6.71. The zero-order chi connectivity index (χ0) is 9.19. The average molecular weight is 277 g/mol. The molecular formula is C9H12INO.